The van der Waals surface area contributed by atoms with Gasteiger partial charge in [-0.15, -0.1) is 0 Å². The molecule has 0 amide bonds. The highest BCUT2D eigenvalue weighted by Crippen LogP contribution is 2.34. The van der Waals surface area contributed by atoms with Gasteiger partial charge < -0.3 is 31.6 Å². The number of thiocarbonyl (C=S) groups is 2. The van der Waals surface area contributed by atoms with Gasteiger partial charge >= 0.3 is 0 Å². The second-order valence-electron chi connectivity index (χ2n) is 6.19. The van der Waals surface area contributed by atoms with Gasteiger partial charge in [0.25, 0.3) is 10.3 Å². The van der Waals surface area contributed by atoms with Gasteiger partial charge in [-0.2, -0.15) is 0 Å². The number of nitrogens with two attached hydrogens (primary N) is 2. The normalized spacial score (nSPS) is 9.14. The van der Waals surface area contributed by atoms with E-state index in [1.54, 1.807) is 48.5 Å². The molecule has 0 atom stereocenters. The highest BCUT2D eigenvalue weighted by molar-refractivity contribution is 7.90. The zero-order valence-corrected chi connectivity index (χ0v) is 21.9. The molecule has 0 saturated heterocycles. The van der Waals surface area contributed by atoms with Gasteiger partial charge in [0.1, 0.15) is 5.69 Å². The van der Waals surface area contributed by atoms with Crippen LogP contribution in [0.15, 0.2) is 64.2 Å². The summed E-state index contributed by atoms with van der Waals surface area (Å²) < 4.78 is 29.4. The van der Waals surface area contributed by atoms with Crippen LogP contribution in [0.4, 0.5) is 0 Å². The van der Waals surface area contributed by atoms with E-state index in [0.717, 1.165) is 5.56 Å². The minimum atomic E-state index is -3.37. The standard InChI is InChI=1S/C16H12ClNO3S.C3H8.2CH3NOS.CH4.H2O/c1-22(19,20)14-5-3-2-4-13(14)15-16(21-10-18-15)11-6-8-12(17)9-7-11;1-3-2;2*2-1(3)4;;/h2-10H,1H3;3H2,1-2H3;2*(H3,2,3,4);1H4;1H2. The smallest absolute Gasteiger partial charge is 0.251 e. The maximum atomic E-state index is 12.0. The van der Waals surface area contributed by atoms with Crippen molar-refractivity contribution in [1.82, 2.24) is 4.98 Å². The topological polar surface area (TPSA) is 184 Å². The van der Waals surface area contributed by atoms with Crippen molar-refractivity contribution in [1.29, 1.82) is 0 Å². The number of hydrogen-bond acceptors (Lipinski definition) is 6. The van der Waals surface area contributed by atoms with Crippen molar-refractivity contribution in [2.45, 2.75) is 32.6 Å². The van der Waals surface area contributed by atoms with Gasteiger partial charge in [-0.3, -0.25) is 0 Å². The predicted molar refractivity (Wildman–Crippen MR) is 151 cm³/mol. The van der Waals surface area contributed by atoms with Crippen LogP contribution in [0.5, 0.6) is 0 Å². The molecule has 0 aliphatic rings. The third-order valence-electron chi connectivity index (χ3n) is 3.22. The number of aliphatic hydroxyl groups excluding tert-OH is 2. The van der Waals surface area contributed by atoms with Gasteiger partial charge in [0, 0.05) is 22.4 Å². The Bertz CT molecular complexity index is 1120. The van der Waals surface area contributed by atoms with Crippen LogP contribution in [0.3, 0.4) is 0 Å². The average molecular weight is 566 g/mol. The van der Waals surface area contributed by atoms with Crippen LogP contribution in [0.2, 0.25) is 5.02 Å². The summed E-state index contributed by atoms with van der Waals surface area (Å²) in [5.74, 6) is 0.507. The van der Waals surface area contributed by atoms with E-state index in [4.69, 9.17) is 26.2 Å². The number of aromatic nitrogens is 1. The Labute approximate surface area is 222 Å². The summed E-state index contributed by atoms with van der Waals surface area (Å²) in [7, 11) is -3.37. The van der Waals surface area contributed by atoms with Crippen LogP contribution in [0.25, 0.3) is 22.6 Å². The Hall–Kier alpha value is -2.77. The van der Waals surface area contributed by atoms with Gasteiger partial charge in [-0.1, -0.05) is 57.5 Å². The highest BCUT2D eigenvalue weighted by Gasteiger charge is 2.20. The van der Waals surface area contributed by atoms with Crippen molar-refractivity contribution < 1.29 is 28.5 Å². The number of halogens is 1. The first kappa shape index (κ1) is 36.8. The molecular formula is C22H32ClN3O6S3. The zero-order valence-electron chi connectivity index (χ0n) is 18.7. The fourth-order valence-electron chi connectivity index (χ4n) is 2.23. The number of oxazole rings is 1. The second-order valence-corrected chi connectivity index (χ2v) is 9.45. The Morgan fingerprint density at radius 1 is 1.03 bits per heavy atom. The highest BCUT2D eigenvalue weighted by atomic mass is 35.5. The molecule has 35 heavy (non-hydrogen) atoms. The van der Waals surface area contributed by atoms with E-state index in [0.29, 0.717) is 22.0 Å². The molecule has 0 aliphatic carbocycles. The largest absolute Gasteiger partial charge is 0.487 e. The van der Waals surface area contributed by atoms with Crippen LogP contribution in [-0.4, -0.2) is 45.7 Å². The molecule has 0 bridgehead atoms. The van der Waals surface area contributed by atoms with Crippen LogP contribution in [-0.2, 0) is 9.84 Å². The molecule has 0 radical (unpaired) electrons. The summed E-state index contributed by atoms with van der Waals surface area (Å²) >= 11 is 13.6. The number of benzene rings is 2. The molecule has 0 spiro atoms. The van der Waals surface area contributed by atoms with E-state index in [1.165, 1.54) is 19.1 Å². The van der Waals surface area contributed by atoms with Gasteiger partial charge in [0.2, 0.25) is 0 Å². The Balaban J connectivity index is -0.000000673. The molecule has 0 unspecified atom stereocenters. The fourth-order valence-corrected chi connectivity index (χ4v) is 3.25. The molecule has 13 heteroatoms. The zero-order chi connectivity index (χ0) is 25.6. The molecule has 3 rings (SSSR count). The SMILES string of the molecule is C.CCC.CS(=O)(=O)c1ccccc1-c1ncoc1-c1ccc(Cl)cc1.NC(O)=S.NC(O)=S.O. The third kappa shape index (κ3) is 15.0. The van der Waals surface area contributed by atoms with Crippen molar-refractivity contribution in [2.24, 2.45) is 11.5 Å². The quantitative estimate of drug-likeness (QED) is 0.319. The maximum absolute atomic E-state index is 12.0. The lowest BCUT2D eigenvalue weighted by atomic mass is 10.1. The lowest BCUT2D eigenvalue weighted by molar-refractivity contribution is 0.559. The summed E-state index contributed by atoms with van der Waals surface area (Å²) in [6.45, 7) is 4.25. The molecule has 0 fully saturated rings. The Morgan fingerprint density at radius 3 is 1.89 bits per heavy atom. The van der Waals surface area contributed by atoms with Crippen molar-refractivity contribution in [3.63, 3.8) is 0 Å². The number of rotatable bonds is 3. The van der Waals surface area contributed by atoms with Gasteiger partial charge in [0.05, 0.1) is 4.90 Å². The summed E-state index contributed by atoms with van der Waals surface area (Å²) in [5.41, 5.74) is 10.6. The van der Waals surface area contributed by atoms with Crippen LogP contribution in [0.1, 0.15) is 27.7 Å². The van der Waals surface area contributed by atoms with Crippen molar-refractivity contribution in [3.8, 4) is 22.6 Å². The van der Waals surface area contributed by atoms with E-state index >= 15 is 0 Å². The Morgan fingerprint density at radius 2 is 1.46 bits per heavy atom. The molecule has 3 aromatic rings. The lowest BCUT2D eigenvalue weighted by Gasteiger charge is -2.07. The maximum Gasteiger partial charge on any atom is 0.251 e. The van der Waals surface area contributed by atoms with Crippen LogP contribution >= 0.6 is 36.0 Å². The predicted octanol–water partition coefficient (Wildman–Crippen LogP) is 4.87. The van der Waals surface area contributed by atoms with Gasteiger partial charge in [0.15, 0.2) is 22.0 Å². The minimum Gasteiger partial charge on any atom is -0.487 e. The van der Waals surface area contributed by atoms with Crippen molar-refractivity contribution in [2.75, 3.05) is 6.26 Å². The molecule has 196 valence electrons. The molecule has 1 heterocycles. The third-order valence-corrected chi connectivity index (χ3v) is 4.62. The van der Waals surface area contributed by atoms with Crippen molar-refractivity contribution in [3.05, 3.63) is 59.9 Å². The Kier molecular flexibility index (Phi) is 19.5. The number of hydrogen-bond donors (Lipinski definition) is 4. The van der Waals surface area contributed by atoms with Crippen LogP contribution in [0, 0.1) is 0 Å². The molecule has 2 aromatic carbocycles. The first-order valence-corrected chi connectivity index (χ1v) is 12.4. The monoisotopic (exact) mass is 565 g/mol. The molecule has 9 nitrogen and oxygen atoms in total. The van der Waals surface area contributed by atoms with E-state index < -0.39 is 20.2 Å². The van der Waals surface area contributed by atoms with Gasteiger partial charge in [-0.25, -0.2) is 13.4 Å². The van der Waals surface area contributed by atoms with E-state index in [1.807, 2.05) is 0 Å². The minimum absolute atomic E-state index is 0. The number of sulfone groups is 1. The average Bonchev–Trinajstić information content (AvgIpc) is 3.17. The summed E-state index contributed by atoms with van der Waals surface area (Å²) in [5, 5.41) is 14.7. The van der Waals surface area contributed by atoms with E-state index in [2.05, 4.69) is 54.7 Å². The number of nitrogens with zero attached hydrogens (tertiary/aromatic N) is 1. The fraction of sp³-hybridized carbons (Fsp3) is 0.227. The molecule has 0 aliphatic heterocycles. The first-order valence-electron chi connectivity index (χ1n) is 9.30. The lowest BCUT2D eigenvalue weighted by Crippen LogP contribution is -2.03. The first-order chi connectivity index (χ1) is 15.3. The van der Waals surface area contributed by atoms with Crippen LogP contribution < -0.4 is 11.5 Å². The van der Waals surface area contributed by atoms with E-state index in [9.17, 15) is 8.42 Å². The molecule has 0 saturated carbocycles. The molecule has 8 N–H and O–H groups in total. The summed E-state index contributed by atoms with van der Waals surface area (Å²) in [6.07, 6.45) is 3.73. The van der Waals surface area contributed by atoms with Gasteiger partial charge in [-0.05, 0) is 54.8 Å². The number of aliphatic hydroxyl groups is 2. The molecule has 1 aromatic heterocycles. The van der Waals surface area contributed by atoms with Crippen molar-refractivity contribution >= 4 is 56.2 Å². The second kappa shape index (κ2) is 18.5. The molecular weight excluding hydrogens is 534 g/mol. The summed E-state index contributed by atoms with van der Waals surface area (Å²) in [4.78, 5) is 4.42. The summed E-state index contributed by atoms with van der Waals surface area (Å²) in [6, 6.07) is 13.8. The van der Waals surface area contributed by atoms with E-state index in [-0.39, 0.29) is 17.8 Å².